The van der Waals surface area contributed by atoms with Gasteiger partial charge < -0.3 is 31.2 Å². The highest BCUT2D eigenvalue weighted by Crippen LogP contribution is 2.70. The molecular formula is C31H48N4O4. The second-order valence-corrected chi connectivity index (χ2v) is 14.0. The molecule has 1 aromatic heterocycles. The van der Waals surface area contributed by atoms with Crippen molar-refractivity contribution >= 4 is 6.03 Å². The van der Waals surface area contributed by atoms with E-state index in [1.54, 1.807) is 6.26 Å². The van der Waals surface area contributed by atoms with E-state index in [1.165, 1.54) is 6.07 Å². The summed E-state index contributed by atoms with van der Waals surface area (Å²) in [6.07, 6.45) is 11.7. The van der Waals surface area contributed by atoms with E-state index in [0.29, 0.717) is 24.3 Å². The van der Waals surface area contributed by atoms with E-state index in [2.05, 4.69) is 29.8 Å². The Morgan fingerprint density at radius 1 is 1.08 bits per heavy atom. The summed E-state index contributed by atoms with van der Waals surface area (Å²) < 4.78 is 5.23. The fourth-order valence-electron chi connectivity index (χ4n) is 10.2. The first-order valence-corrected chi connectivity index (χ1v) is 15.5. The van der Waals surface area contributed by atoms with Gasteiger partial charge in [-0.1, -0.05) is 13.8 Å². The number of aliphatic hydroxyl groups is 1. The van der Waals surface area contributed by atoms with Crippen molar-refractivity contribution < 1.29 is 14.3 Å². The summed E-state index contributed by atoms with van der Waals surface area (Å²) in [7, 11) is 0. The summed E-state index contributed by atoms with van der Waals surface area (Å²) in [6.45, 7) is 7.13. The molecular weight excluding hydrogens is 492 g/mol. The van der Waals surface area contributed by atoms with E-state index in [1.807, 2.05) is 6.07 Å². The molecule has 1 saturated heterocycles. The van der Waals surface area contributed by atoms with Gasteiger partial charge in [0.1, 0.15) is 0 Å². The van der Waals surface area contributed by atoms with Crippen molar-refractivity contribution in [2.75, 3.05) is 19.6 Å². The highest BCUT2D eigenvalue weighted by Gasteiger charge is 2.67. The largest absolute Gasteiger partial charge is 0.431 e. The number of hydrogen-bond acceptors (Lipinski definition) is 6. The van der Waals surface area contributed by atoms with Gasteiger partial charge in [0.2, 0.25) is 0 Å². The Morgan fingerprint density at radius 2 is 1.92 bits per heavy atom. The van der Waals surface area contributed by atoms with Crippen molar-refractivity contribution in [1.29, 1.82) is 0 Å². The number of carbonyl (C=O) groups is 1. The van der Waals surface area contributed by atoms with Gasteiger partial charge in [-0.2, -0.15) is 0 Å². The summed E-state index contributed by atoms with van der Waals surface area (Å²) in [5.74, 6) is 1.89. The smallest absolute Gasteiger partial charge is 0.335 e. The summed E-state index contributed by atoms with van der Waals surface area (Å²) in [5.41, 5.74) is 5.99. The van der Waals surface area contributed by atoms with Crippen molar-refractivity contribution in [2.45, 2.75) is 102 Å². The maximum absolute atomic E-state index is 12.9. The van der Waals surface area contributed by atoms with E-state index in [9.17, 15) is 14.7 Å². The van der Waals surface area contributed by atoms with Gasteiger partial charge in [-0.15, -0.1) is 0 Å². The molecule has 8 heteroatoms. The van der Waals surface area contributed by atoms with Gasteiger partial charge in [-0.05, 0) is 118 Å². The maximum atomic E-state index is 12.9. The fourth-order valence-corrected chi connectivity index (χ4v) is 10.2. The Hall–Kier alpha value is -1.90. The second-order valence-electron chi connectivity index (χ2n) is 14.0. The van der Waals surface area contributed by atoms with Crippen LogP contribution in [0.2, 0.25) is 0 Å². The highest BCUT2D eigenvalue weighted by atomic mass is 16.4. The molecule has 1 unspecified atom stereocenters. The van der Waals surface area contributed by atoms with Gasteiger partial charge in [-0.25, -0.2) is 9.59 Å². The number of nitrogens with two attached hydrogens (primary N) is 1. The van der Waals surface area contributed by atoms with Crippen LogP contribution in [0.25, 0.3) is 0 Å². The predicted molar refractivity (Wildman–Crippen MR) is 150 cm³/mol. The highest BCUT2D eigenvalue weighted by molar-refractivity contribution is 5.74. The van der Waals surface area contributed by atoms with Crippen LogP contribution in [0.15, 0.2) is 27.6 Å². The molecule has 1 aromatic rings. The normalized spacial score (nSPS) is 45.5. The van der Waals surface area contributed by atoms with Gasteiger partial charge in [-0.3, -0.25) is 0 Å². The molecule has 10 atom stereocenters. The van der Waals surface area contributed by atoms with Crippen LogP contribution >= 0.6 is 0 Å². The Kier molecular flexibility index (Phi) is 7.12. The molecule has 216 valence electrons. The quantitative estimate of drug-likeness (QED) is 0.398. The fraction of sp³-hybridized carbons (Fsp3) is 0.806. The van der Waals surface area contributed by atoms with Crippen molar-refractivity contribution in [3.8, 4) is 0 Å². The summed E-state index contributed by atoms with van der Waals surface area (Å²) >= 11 is 0. The SMILES string of the molecule is C[C@]12CC[C@H](NC(=O)NC3CCNC[C@H]3CN)C[C@H]1CC[C@@H]1[C@@H]2CC[C@]2(C)[C@@H](c3ccc(=O)oc3)CC[C@]12O. The average Bonchev–Trinajstić information content (AvgIpc) is 3.20. The number of amides is 2. The summed E-state index contributed by atoms with van der Waals surface area (Å²) in [4.78, 5) is 24.5. The van der Waals surface area contributed by atoms with E-state index in [4.69, 9.17) is 10.2 Å². The van der Waals surface area contributed by atoms with Crippen molar-refractivity contribution in [2.24, 2.45) is 40.2 Å². The number of carbonyl (C=O) groups excluding carboxylic acids is 1. The molecule has 5 aliphatic rings. The first-order chi connectivity index (χ1) is 18.7. The first kappa shape index (κ1) is 27.3. The molecule has 8 nitrogen and oxygen atoms in total. The van der Waals surface area contributed by atoms with Crippen LogP contribution in [0.5, 0.6) is 0 Å². The third-order valence-corrected chi connectivity index (χ3v) is 12.5. The molecule has 2 amide bonds. The third kappa shape index (κ3) is 4.45. The molecule has 6 rings (SSSR count). The third-order valence-electron chi connectivity index (χ3n) is 12.5. The lowest BCUT2D eigenvalue weighted by molar-refractivity contribution is -0.201. The number of fused-ring (bicyclic) bond motifs is 5. The molecule has 39 heavy (non-hydrogen) atoms. The van der Waals surface area contributed by atoms with Gasteiger partial charge in [0, 0.05) is 36.0 Å². The average molecular weight is 541 g/mol. The molecule has 1 aliphatic heterocycles. The van der Waals surface area contributed by atoms with Gasteiger partial charge in [0.05, 0.1) is 11.9 Å². The number of piperidine rings is 1. The Labute approximate surface area is 232 Å². The minimum absolute atomic E-state index is 0.0425. The maximum Gasteiger partial charge on any atom is 0.335 e. The minimum Gasteiger partial charge on any atom is -0.431 e. The van der Waals surface area contributed by atoms with E-state index in [0.717, 1.165) is 82.9 Å². The van der Waals surface area contributed by atoms with Crippen LogP contribution < -0.4 is 27.3 Å². The lowest BCUT2D eigenvalue weighted by Gasteiger charge is -2.63. The lowest BCUT2D eigenvalue weighted by atomic mass is 9.43. The van der Waals surface area contributed by atoms with Crippen LogP contribution in [0.1, 0.15) is 89.5 Å². The van der Waals surface area contributed by atoms with E-state index >= 15 is 0 Å². The molecule has 4 aliphatic carbocycles. The van der Waals surface area contributed by atoms with Crippen molar-refractivity contribution in [3.05, 3.63) is 34.4 Å². The molecule has 5 fully saturated rings. The van der Waals surface area contributed by atoms with Crippen LogP contribution in [-0.4, -0.2) is 48.5 Å². The molecule has 6 N–H and O–H groups in total. The number of rotatable bonds is 4. The van der Waals surface area contributed by atoms with E-state index < -0.39 is 5.60 Å². The second kappa shape index (κ2) is 10.2. The minimum atomic E-state index is -0.686. The molecule has 0 bridgehead atoms. The van der Waals surface area contributed by atoms with E-state index in [-0.39, 0.29) is 46.4 Å². The molecule has 0 aromatic carbocycles. The van der Waals surface area contributed by atoms with Crippen LogP contribution in [-0.2, 0) is 0 Å². The van der Waals surface area contributed by atoms with Gasteiger partial charge in [0.25, 0.3) is 0 Å². The van der Waals surface area contributed by atoms with Gasteiger partial charge >= 0.3 is 11.7 Å². The zero-order chi connectivity index (χ0) is 27.4. The topological polar surface area (TPSA) is 130 Å². The molecule has 4 saturated carbocycles. The van der Waals surface area contributed by atoms with Crippen molar-refractivity contribution in [1.82, 2.24) is 16.0 Å². The lowest BCUT2D eigenvalue weighted by Crippen LogP contribution is -2.62. The number of nitrogens with one attached hydrogen (secondary N) is 3. The Bertz CT molecular complexity index is 1110. The molecule has 0 radical (unpaired) electrons. The van der Waals surface area contributed by atoms with Gasteiger partial charge in [0.15, 0.2) is 0 Å². The van der Waals surface area contributed by atoms with Crippen LogP contribution in [0.3, 0.4) is 0 Å². The van der Waals surface area contributed by atoms with Crippen LogP contribution in [0, 0.1) is 34.5 Å². The standard InChI is InChI=1S/C31H48N4O4/c1-29-11-7-22(34-28(37)35-26-10-14-33-17-20(26)16-32)15-21(29)4-5-25-24(29)8-12-30(2)23(9-13-31(25,30)38)19-3-6-27(36)39-18-19/h3,6,18,20-26,33,38H,4-5,7-17,32H2,1-2H3,(H2,34,35,37)/t20-,21-,22+,23-,24+,25-,26?,29+,30-,31+/m1/s1. The molecule has 0 spiro atoms. The van der Waals surface area contributed by atoms with Crippen molar-refractivity contribution in [3.63, 3.8) is 0 Å². The zero-order valence-electron chi connectivity index (χ0n) is 23.7. The Morgan fingerprint density at radius 3 is 2.69 bits per heavy atom. The predicted octanol–water partition coefficient (Wildman–Crippen LogP) is 3.49. The molecule has 2 heterocycles. The first-order valence-electron chi connectivity index (χ1n) is 15.5. The summed E-state index contributed by atoms with van der Waals surface area (Å²) in [5, 5.41) is 22.4. The van der Waals surface area contributed by atoms with Crippen LogP contribution in [0.4, 0.5) is 4.79 Å². The monoisotopic (exact) mass is 540 g/mol. The Balaban J connectivity index is 1.12. The number of hydrogen-bond donors (Lipinski definition) is 5. The zero-order valence-corrected chi connectivity index (χ0v) is 23.7. The summed E-state index contributed by atoms with van der Waals surface area (Å²) in [6, 6.07) is 3.73. The number of urea groups is 1.